The first-order chi connectivity index (χ1) is 10.4. The van der Waals surface area contributed by atoms with Crippen LogP contribution in [0.3, 0.4) is 0 Å². The lowest BCUT2D eigenvalue weighted by Crippen LogP contribution is -2.27. The van der Waals surface area contributed by atoms with E-state index in [0.29, 0.717) is 23.4 Å². The zero-order chi connectivity index (χ0) is 16.2. The number of hydrogen-bond donors (Lipinski definition) is 1. The van der Waals surface area contributed by atoms with Crippen molar-refractivity contribution in [1.82, 2.24) is 4.98 Å². The molecule has 0 atom stereocenters. The lowest BCUT2D eigenvalue weighted by atomic mass is 10.1. The van der Waals surface area contributed by atoms with Crippen molar-refractivity contribution in [2.75, 3.05) is 5.32 Å². The molecule has 22 heavy (non-hydrogen) atoms. The van der Waals surface area contributed by atoms with Crippen molar-refractivity contribution in [1.29, 1.82) is 0 Å². The first-order valence-corrected chi connectivity index (χ1v) is 6.90. The molecular weight excluding hydrogens is 280 g/mol. The molecule has 0 saturated heterocycles. The Morgan fingerprint density at radius 1 is 1.14 bits per heavy atom. The molecule has 0 unspecified atom stereocenters. The van der Waals surface area contributed by atoms with Gasteiger partial charge in [-0.25, -0.2) is 9.78 Å². The minimum Gasteiger partial charge on any atom is -0.444 e. The number of ether oxygens (including phenoxy) is 1. The van der Waals surface area contributed by atoms with E-state index in [-0.39, 0.29) is 0 Å². The molecule has 1 aromatic heterocycles. The van der Waals surface area contributed by atoms with Crippen LogP contribution >= 0.6 is 0 Å². The number of amides is 1. The van der Waals surface area contributed by atoms with Crippen LogP contribution in [0.5, 0.6) is 0 Å². The molecule has 1 aromatic carbocycles. The van der Waals surface area contributed by atoms with Crippen molar-refractivity contribution in [2.24, 2.45) is 0 Å². The van der Waals surface area contributed by atoms with E-state index in [1.807, 2.05) is 18.2 Å². The third-order valence-corrected chi connectivity index (χ3v) is 2.72. The predicted octanol–water partition coefficient (Wildman–Crippen LogP) is 3.91. The van der Waals surface area contributed by atoms with Gasteiger partial charge in [0.05, 0.1) is 5.69 Å². The summed E-state index contributed by atoms with van der Waals surface area (Å²) in [5.74, 6) is 0. The molecule has 1 amide bonds. The number of nitrogens with zero attached hydrogens (tertiary/aromatic N) is 1. The Morgan fingerprint density at radius 2 is 1.82 bits per heavy atom. The average Bonchev–Trinajstić information content (AvgIpc) is 2.46. The van der Waals surface area contributed by atoms with E-state index in [1.165, 1.54) is 0 Å². The Labute approximate surface area is 129 Å². The normalized spacial score (nSPS) is 10.9. The number of benzene rings is 1. The Hall–Kier alpha value is -2.69. The molecule has 0 aliphatic carbocycles. The largest absolute Gasteiger partial charge is 0.444 e. The Morgan fingerprint density at radius 3 is 2.41 bits per heavy atom. The van der Waals surface area contributed by atoms with Gasteiger partial charge in [-0.1, -0.05) is 18.2 Å². The first kappa shape index (κ1) is 15.7. The fourth-order valence-corrected chi connectivity index (χ4v) is 1.82. The van der Waals surface area contributed by atoms with E-state index in [1.54, 1.807) is 45.0 Å². The lowest BCUT2D eigenvalue weighted by molar-refractivity contribution is 0.0636. The number of pyridine rings is 1. The second-order valence-electron chi connectivity index (χ2n) is 5.77. The highest BCUT2D eigenvalue weighted by molar-refractivity contribution is 5.85. The van der Waals surface area contributed by atoms with Crippen LogP contribution in [0.15, 0.2) is 42.5 Å². The summed E-state index contributed by atoms with van der Waals surface area (Å²) >= 11 is 0. The fraction of sp³-hybridized carbons (Fsp3) is 0.235. The fourth-order valence-electron chi connectivity index (χ4n) is 1.82. The Bertz CT molecular complexity index is 673. The van der Waals surface area contributed by atoms with Gasteiger partial charge in [0.25, 0.3) is 0 Å². The molecule has 114 valence electrons. The van der Waals surface area contributed by atoms with Crippen LogP contribution in [-0.2, 0) is 4.74 Å². The van der Waals surface area contributed by atoms with Crippen LogP contribution in [0.2, 0.25) is 0 Å². The highest BCUT2D eigenvalue weighted by Crippen LogP contribution is 2.20. The first-order valence-electron chi connectivity index (χ1n) is 6.90. The van der Waals surface area contributed by atoms with Gasteiger partial charge in [0.15, 0.2) is 6.29 Å². The quantitative estimate of drug-likeness (QED) is 0.872. The van der Waals surface area contributed by atoms with Crippen LogP contribution in [0.25, 0.3) is 11.3 Å². The Kier molecular flexibility index (Phi) is 4.56. The molecule has 0 aliphatic rings. The van der Waals surface area contributed by atoms with E-state index in [2.05, 4.69) is 10.3 Å². The van der Waals surface area contributed by atoms with Gasteiger partial charge in [-0.05, 0) is 45.0 Å². The minimum absolute atomic E-state index is 0.383. The molecule has 0 fully saturated rings. The van der Waals surface area contributed by atoms with Crippen LogP contribution in [-0.4, -0.2) is 23.0 Å². The van der Waals surface area contributed by atoms with Gasteiger partial charge in [-0.2, -0.15) is 0 Å². The second kappa shape index (κ2) is 6.39. The van der Waals surface area contributed by atoms with Crippen LogP contribution in [0.1, 0.15) is 31.3 Å². The molecule has 0 saturated carbocycles. The topological polar surface area (TPSA) is 68.3 Å². The number of hydrogen-bond acceptors (Lipinski definition) is 4. The zero-order valence-corrected chi connectivity index (χ0v) is 12.8. The van der Waals surface area contributed by atoms with Gasteiger partial charge in [-0.15, -0.1) is 0 Å². The van der Waals surface area contributed by atoms with E-state index in [0.717, 1.165) is 5.56 Å². The molecule has 0 spiro atoms. The third-order valence-electron chi connectivity index (χ3n) is 2.72. The standard InChI is InChI=1S/C17H18N2O3/c1-17(2,3)22-16(21)19-13-9-7-12(8-10-13)15-6-4-5-14(11-20)18-15/h4-11H,1-3H3,(H,19,21). The maximum atomic E-state index is 11.7. The minimum atomic E-state index is -0.538. The van der Waals surface area contributed by atoms with Crippen molar-refractivity contribution < 1.29 is 14.3 Å². The maximum absolute atomic E-state index is 11.7. The summed E-state index contributed by atoms with van der Waals surface area (Å²) in [6.45, 7) is 5.42. The summed E-state index contributed by atoms with van der Waals surface area (Å²) in [5, 5.41) is 2.66. The average molecular weight is 298 g/mol. The highest BCUT2D eigenvalue weighted by atomic mass is 16.6. The van der Waals surface area contributed by atoms with Gasteiger partial charge in [-0.3, -0.25) is 10.1 Å². The van der Waals surface area contributed by atoms with Crippen LogP contribution in [0, 0.1) is 0 Å². The molecule has 1 N–H and O–H groups in total. The molecule has 5 nitrogen and oxygen atoms in total. The number of rotatable bonds is 3. The van der Waals surface area contributed by atoms with E-state index in [9.17, 15) is 9.59 Å². The molecular formula is C17H18N2O3. The van der Waals surface area contributed by atoms with E-state index < -0.39 is 11.7 Å². The van der Waals surface area contributed by atoms with Crippen molar-refractivity contribution in [3.8, 4) is 11.3 Å². The summed E-state index contributed by atoms with van der Waals surface area (Å²) in [7, 11) is 0. The van der Waals surface area contributed by atoms with Crippen LogP contribution in [0.4, 0.5) is 10.5 Å². The number of aldehydes is 1. The van der Waals surface area contributed by atoms with Gasteiger partial charge in [0.2, 0.25) is 0 Å². The summed E-state index contributed by atoms with van der Waals surface area (Å²) in [5.41, 5.74) is 2.04. The summed E-state index contributed by atoms with van der Waals surface area (Å²) < 4.78 is 5.19. The Balaban J connectivity index is 2.10. The van der Waals surface area contributed by atoms with Crippen molar-refractivity contribution in [3.63, 3.8) is 0 Å². The molecule has 2 aromatic rings. The molecule has 0 bridgehead atoms. The van der Waals surface area contributed by atoms with Gasteiger partial charge in [0.1, 0.15) is 11.3 Å². The van der Waals surface area contributed by atoms with Gasteiger partial charge in [0, 0.05) is 11.3 Å². The number of carbonyl (C=O) groups excluding carboxylic acids is 2. The van der Waals surface area contributed by atoms with E-state index >= 15 is 0 Å². The SMILES string of the molecule is CC(C)(C)OC(=O)Nc1ccc(-c2cccc(C=O)n2)cc1. The smallest absolute Gasteiger partial charge is 0.412 e. The van der Waals surface area contributed by atoms with Crippen molar-refractivity contribution in [3.05, 3.63) is 48.2 Å². The molecule has 0 radical (unpaired) electrons. The summed E-state index contributed by atoms with van der Waals surface area (Å²) in [4.78, 5) is 26.7. The molecule has 0 aliphatic heterocycles. The third kappa shape index (κ3) is 4.41. The summed E-state index contributed by atoms with van der Waals surface area (Å²) in [6.07, 6.45) is 0.211. The highest BCUT2D eigenvalue weighted by Gasteiger charge is 2.16. The number of nitrogens with one attached hydrogen (secondary N) is 1. The molecule has 2 rings (SSSR count). The maximum Gasteiger partial charge on any atom is 0.412 e. The molecule has 5 heteroatoms. The number of aromatic nitrogens is 1. The van der Waals surface area contributed by atoms with Crippen molar-refractivity contribution in [2.45, 2.75) is 26.4 Å². The summed E-state index contributed by atoms with van der Waals surface area (Å²) in [6, 6.07) is 12.4. The van der Waals surface area contributed by atoms with E-state index in [4.69, 9.17) is 4.74 Å². The lowest BCUT2D eigenvalue weighted by Gasteiger charge is -2.19. The number of anilines is 1. The monoisotopic (exact) mass is 298 g/mol. The zero-order valence-electron chi connectivity index (χ0n) is 12.8. The number of carbonyl (C=O) groups is 2. The van der Waals surface area contributed by atoms with Crippen molar-refractivity contribution >= 4 is 18.1 Å². The predicted molar refractivity (Wildman–Crippen MR) is 84.9 cm³/mol. The van der Waals surface area contributed by atoms with Crippen LogP contribution < -0.4 is 5.32 Å². The van der Waals surface area contributed by atoms with Gasteiger partial charge < -0.3 is 4.74 Å². The van der Waals surface area contributed by atoms with Gasteiger partial charge >= 0.3 is 6.09 Å². The second-order valence-corrected chi connectivity index (χ2v) is 5.77. The molecule has 1 heterocycles.